The molecule has 0 spiro atoms. The second-order valence-electron chi connectivity index (χ2n) is 8.08. The summed E-state index contributed by atoms with van der Waals surface area (Å²) in [4.78, 5) is 17.3. The van der Waals surface area contributed by atoms with Gasteiger partial charge in [-0.25, -0.2) is 4.98 Å². The summed E-state index contributed by atoms with van der Waals surface area (Å²) in [5, 5.41) is 2.43. The molecule has 0 saturated heterocycles. The van der Waals surface area contributed by atoms with E-state index in [1.807, 2.05) is 0 Å². The maximum atomic E-state index is 14.0. The van der Waals surface area contributed by atoms with E-state index < -0.39 is 17.6 Å². The van der Waals surface area contributed by atoms with Crippen LogP contribution in [0.15, 0.2) is 48.5 Å². The van der Waals surface area contributed by atoms with E-state index in [1.165, 1.54) is 14.2 Å². The zero-order chi connectivity index (χ0) is 26.7. The van der Waals surface area contributed by atoms with Crippen molar-refractivity contribution in [2.45, 2.75) is 19.1 Å². The van der Waals surface area contributed by atoms with E-state index in [2.05, 4.69) is 10.3 Å². The van der Waals surface area contributed by atoms with Crippen LogP contribution in [0.25, 0.3) is 10.2 Å². The number of ether oxygens (including phenoxy) is 3. The Labute approximate surface area is 215 Å². The van der Waals surface area contributed by atoms with Crippen LogP contribution >= 0.6 is 11.3 Å². The first-order valence-corrected chi connectivity index (χ1v) is 11.9. The van der Waals surface area contributed by atoms with Crippen LogP contribution in [0, 0.1) is 0 Å². The number of nitrogens with two attached hydrogens (primary N) is 1. The predicted octanol–water partition coefficient (Wildman–Crippen LogP) is 5.44. The summed E-state index contributed by atoms with van der Waals surface area (Å²) in [5.41, 5.74) is 6.55. The van der Waals surface area contributed by atoms with Crippen LogP contribution in [0.3, 0.4) is 0 Å². The van der Waals surface area contributed by atoms with Gasteiger partial charge >= 0.3 is 6.18 Å². The summed E-state index contributed by atoms with van der Waals surface area (Å²) in [5.74, 6) is 1.04. The largest absolute Gasteiger partial charge is 0.497 e. The van der Waals surface area contributed by atoms with Gasteiger partial charge in [0.05, 0.1) is 32.6 Å². The summed E-state index contributed by atoms with van der Waals surface area (Å²) >= 11 is 0.829. The number of rotatable bonds is 8. The van der Waals surface area contributed by atoms with Crippen LogP contribution in [0.1, 0.15) is 32.1 Å². The maximum absolute atomic E-state index is 14.0. The first kappa shape index (κ1) is 26.1. The van der Waals surface area contributed by atoms with Gasteiger partial charge in [-0.05, 0) is 41.5 Å². The molecule has 4 rings (SSSR count). The van der Waals surface area contributed by atoms with Crippen LogP contribution in [0.4, 0.5) is 18.9 Å². The van der Waals surface area contributed by atoms with E-state index in [1.54, 1.807) is 49.6 Å². The second-order valence-corrected chi connectivity index (χ2v) is 9.08. The molecule has 2 heterocycles. The van der Waals surface area contributed by atoms with Crippen molar-refractivity contribution in [3.63, 3.8) is 0 Å². The first-order valence-electron chi connectivity index (χ1n) is 11.1. The van der Waals surface area contributed by atoms with Gasteiger partial charge in [0.15, 0.2) is 11.5 Å². The Bertz CT molecular complexity index is 1440. The van der Waals surface area contributed by atoms with Crippen molar-refractivity contribution in [3.05, 3.63) is 75.8 Å². The third kappa shape index (κ3) is 5.56. The third-order valence-electron chi connectivity index (χ3n) is 5.71. The smallest absolute Gasteiger partial charge is 0.417 e. The van der Waals surface area contributed by atoms with Crippen molar-refractivity contribution in [2.24, 2.45) is 0 Å². The fourth-order valence-electron chi connectivity index (χ4n) is 3.86. The fraction of sp³-hybridized carbons (Fsp3) is 0.231. The number of fused-ring (bicyclic) bond motifs is 1. The number of benzene rings is 2. The Morgan fingerprint density at radius 1 is 0.973 bits per heavy atom. The normalized spacial score (nSPS) is 11.4. The maximum Gasteiger partial charge on any atom is 0.417 e. The molecule has 0 aliphatic rings. The lowest BCUT2D eigenvalue weighted by Crippen LogP contribution is -2.22. The number of aromatic nitrogens is 1. The van der Waals surface area contributed by atoms with Crippen LogP contribution in [-0.4, -0.2) is 32.2 Å². The predicted molar refractivity (Wildman–Crippen MR) is 136 cm³/mol. The van der Waals surface area contributed by atoms with E-state index in [0.717, 1.165) is 23.0 Å². The highest BCUT2D eigenvalue weighted by Gasteiger charge is 2.36. The van der Waals surface area contributed by atoms with E-state index >= 15 is 0 Å². The molecular weight excluding hydrogens is 507 g/mol. The number of nitrogens with one attached hydrogen (secondary N) is 1. The van der Waals surface area contributed by atoms with Gasteiger partial charge in [-0.15, -0.1) is 11.3 Å². The van der Waals surface area contributed by atoms with Gasteiger partial charge in [0.25, 0.3) is 5.91 Å². The molecule has 194 valence electrons. The summed E-state index contributed by atoms with van der Waals surface area (Å²) in [6.07, 6.45) is -4.59. The molecule has 0 unspecified atom stereocenters. The van der Waals surface area contributed by atoms with Crippen molar-refractivity contribution < 1.29 is 32.2 Å². The average Bonchev–Trinajstić information content (AvgIpc) is 3.22. The number of amides is 1. The van der Waals surface area contributed by atoms with E-state index in [0.29, 0.717) is 22.8 Å². The zero-order valence-corrected chi connectivity index (χ0v) is 21.0. The van der Waals surface area contributed by atoms with Crippen molar-refractivity contribution in [1.82, 2.24) is 10.3 Å². The molecule has 3 N–H and O–H groups in total. The van der Waals surface area contributed by atoms with Gasteiger partial charge in [0.1, 0.15) is 15.5 Å². The summed E-state index contributed by atoms with van der Waals surface area (Å²) in [6.45, 7) is 0.167. The molecule has 2 aromatic heterocycles. The number of pyridine rings is 1. The van der Waals surface area contributed by atoms with Gasteiger partial charge in [-0.2, -0.15) is 13.2 Å². The molecule has 4 aromatic rings. The average molecular weight is 532 g/mol. The van der Waals surface area contributed by atoms with Crippen LogP contribution < -0.4 is 25.3 Å². The molecule has 0 saturated carbocycles. The monoisotopic (exact) mass is 531 g/mol. The Balaban J connectivity index is 1.66. The lowest BCUT2D eigenvalue weighted by molar-refractivity contribution is -0.136. The molecule has 0 aliphatic carbocycles. The zero-order valence-electron chi connectivity index (χ0n) is 20.2. The van der Waals surface area contributed by atoms with Crippen LogP contribution in [0.2, 0.25) is 0 Å². The van der Waals surface area contributed by atoms with Crippen molar-refractivity contribution in [3.8, 4) is 17.2 Å². The number of carbonyl (C=O) groups excluding carboxylic acids is 1. The summed E-state index contributed by atoms with van der Waals surface area (Å²) in [7, 11) is 4.52. The Hall–Kier alpha value is -3.99. The number of nitrogen functional groups attached to an aromatic ring is 1. The summed E-state index contributed by atoms with van der Waals surface area (Å²) in [6, 6.07) is 13.1. The molecule has 7 nitrogen and oxygen atoms in total. The van der Waals surface area contributed by atoms with Crippen LogP contribution in [-0.2, 0) is 19.1 Å². The van der Waals surface area contributed by atoms with Crippen LogP contribution in [0.5, 0.6) is 17.2 Å². The molecule has 1 amide bonds. The minimum atomic E-state index is -4.69. The number of methoxy groups -OCH3 is 3. The topological polar surface area (TPSA) is 95.7 Å². The Morgan fingerprint density at radius 2 is 1.65 bits per heavy atom. The van der Waals surface area contributed by atoms with Gasteiger partial charge in [-0.1, -0.05) is 18.2 Å². The summed E-state index contributed by atoms with van der Waals surface area (Å²) < 4.78 is 57.8. The minimum Gasteiger partial charge on any atom is -0.497 e. The molecule has 0 atom stereocenters. The quantitative estimate of drug-likeness (QED) is 0.314. The number of nitrogens with zero attached hydrogens (tertiary/aromatic N) is 1. The van der Waals surface area contributed by atoms with Crippen molar-refractivity contribution in [2.75, 3.05) is 27.1 Å². The first-order chi connectivity index (χ1) is 17.6. The van der Waals surface area contributed by atoms with Gasteiger partial charge < -0.3 is 25.3 Å². The number of halogens is 3. The van der Waals surface area contributed by atoms with Crippen molar-refractivity contribution >= 4 is 33.1 Å². The molecule has 0 aliphatic heterocycles. The molecule has 2 aromatic carbocycles. The lowest BCUT2D eigenvalue weighted by Gasteiger charge is -2.12. The number of carbonyl (C=O) groups is 1. The molecule has 11 heteroatoms. The highest BCUT2D eigenvalue weighted by molar-refractivity contribution is 7.21. The Morgan fingerprint density at radius 3 is 2.27 bits per heavy atom. The molecule has 0 bridgehead atoms. The van der Waals surface area contributed by atoms with E-state index in [-0.39, 0.29) is 39.4 Å². The van der Waals surface area contributed by atoms with Gasteiger partial charge in [0, 0.05) is 24.0 Å². The molecule has 0 radical (unpaired) electrons. The second kappa shape index (κ2) is 10.6. The molecule has 0 fully saturated rings. The van der Waals surface area contributed by atoms with Crippen molar-refractivity contribution in [1.29, 1.82) is 0 Å². The highest BCUT2D eigenvalue weighted by Crippen LogP contribution is 2.42. The van der Waals surface area contributed by atoms with E-state index in [4.69, 9.17) is 19.9 Å². The number of hydrogen-bond donors (Lipinski definition) is 2. The number of anilines is 1. The van der Waals surface area contributed by atoms with Gasteiger partial charge in [-0.3, -0.25) is 4.79 Å². The number of alkyl halides is 3. The standard InChI is InChI=1S/C26H24F3N3O4S/c1-34-17-7-4-14(5-8-17)13-31-24(33)23-22(30)21-18(26(27,28)29)12-16(32-25(21)37-23)10-15-6-9-19(35-2)20(11-15)36-3/h4-9,11-12H,10,13,30H2,1-3H3,(H,31,33). The number of hydrogen-bond acceptors (Lipinski definition) is 7. The molecular formula is C26H24F3N3O4S. The lowest BCUT2D eigenvalue weighted by atomic mass is 10.0. The SMILES string of the molecule is COc1ccc(CNC(=O)c2sc3nc(Cc4ccc(OC)c(OC)c4)cc(C(F)(F)F)c3c2N)cc1. The fourth-order valence-corrected chi connectivity index (χ4v) is 4.92. The highest BCUT2D eigenvalue weighted by atomic mass is 32.1. The van der Waals surface area contributed by atoms with E-state index in [9.17, 15) is 18.0 Å². The van der Waals surface area contributed by atoms with Gasteiger partial charge in [0.2, 0.25) is 0 Å². The minimum absolute atomic E-state index is 0.0234. The third-order valence-corrected chi connectivity index (χ3v) is 6.81. The molecule has 37 heavy (non-hydrogen) atoms. The Kier molecular flexibility index (Phi) is 7.44. The number of thiophene rings is 1.